The first-order chi connectivity index (χ1) is 20.9. The van der Waals surface area contributed by atoms with Gasteiger partial charge in [0.25, 0.3) is 5.91 Å². The topological polar surface area (TPSA) is 106 Å². The Morgan fingerprint density at radius 3 is 2.32 bits per heavy atom. The summed E-state index contributed by atoms with van der Waals surface area (Å²) in [6.45, 7) is 5.14. The second kappa shape index (κ2) is 14.3. The van der Waals surface area contributed by atoms with Gasteiger partial charge in [-0.25, -0.2) is 13.8 Å². The number of hydrogen-bond acceptors (Lipinski definition) is 7. The Morgan fingerprint density at radius 2 is 1.70 bits per heavy atom. The molecule has 3 aromatic rings. The number of aliphatic hydroxyl groups excluding tert-OH is 1. The predicted octanol–water partition coefficient (Wildman–Crippen LogP) is 6.18. The van der Waals surface area contributed by atoms with E-state index in [1.54, 1.807) is 69.3 Å². The molecular weight excluding hydrogens is 638 g/mol. The molecule has 0 unspecified atom stereocenters. The van der Waals surface area contributed by atoms with Gasteiger partial charge in [-0.05, 0) is 81.3 Å². The van der Waals surface area contributed by atoms with Crippen LogP contribution in [0.3, 0.4) is 0 Å². The van der Waals surface area contributed by atoms with Gasteiger partial charge in [-0.15, -0.1) is 0 Å². The van der Waals surface area contributed by atoms with Crippen molar-refractivity contribution >= 4 is 33.7 Å². The average Bonchev–Trinajstić information content (AvgIpc) is 3.37. The van der Waals surface area contributed by atoms with Gasteiger partial charge in [0, 0.05) is 41.6 Å². The van der Waals surface area contributed by atoms with Gasteiger partial charge in [0.05, 0.1) is 6.61 Å². The van der Waals surface area contributed by atoms with Crippen LogP contribution in [0.25, 0.3) is 0 Å². The van der Waals surface area contributed by atoms with Crippen LogP contribution in [0.15, 0.2) is 76.2 Å². The standard InChI is InChI=1S/C33H35BrF2N2O6/c1-32(2,3)44-28(40)16-17-33(31(41)37-20-25-26(35)6-4-7-27(25)36)29(21-8-12-23(34)13-9-21)43-30(38-33)22-10-14-24(15-11-22)42-19-5-18-39/h4,6-15,29,39H,5,16-20H2,1-3H3,(H,37,41)/t29-,33-/m1/s1. The Kier molecular flexibility index (Phi) is 10.7. The van der Waals surface area contributed by atoms with Gasteiger partial charge >= 0.3 is 5.97 Å². The molecule has 44 heavy (non-hydrogen) atoms. The molecule has 234 valence electrons. The van der Waals surface area contributed by atoms with Crippen molar-refractivity contribution in [2.75, 3.05) is 13.2 Å². The van der Waals surface area contributed by atoms with E-state index < -0.39 is 47.3 Å². The van der Waals surface area contributed by atoms with Crippen molar-refractivity contribution in [1.29, 1.82) is 0 Å². The number of carbonyl (C=O) groups excluding carboxylic acids is 2. The maximum Gasteiger partial charge on any atom is 0.306 e. The van der Waals surface area contributed by atoms with Gasteiger partial charge in [0.2, 0.25) is 5.90 Å². The van der Waals surface area contributed by atoms with E-state index in [0.29, 0.717) is 29.9 Å². The summed E-state index contributed by atoms with van der Waals surface area (Å²) in [7, 11) is 0. The molecule has 1 aliphatic rings. The van der Waals surface area contributed by atoms with E-state index >= 15 is 0 Å². The fourth-order valence-corrected chi connectivity index (χ4v) is 4.98. The SMILES string of the molecule is CC(C)(C)OC(=O)CC[C@@]1(C(=O)NCc2c(F)cccc2F)N=C(c2ccc(OCCCO)cc2)O[C@@H]1c1ccc(Br)cc1. The van der Waals surface area contributed by atoms with E-state index in [9.17, 15) is 18.4 Å². The average molecular weight is 674 g/mol. The minimum absolute atomic E-state index is 0.0111. The Morgan fingerprint density at radius 1 is 1.05 bits per heavy atom. The van der Waals surface area contributed by atoms with Crippen LogP contribution in [-0.4, -0.2) is 47.2 Å². The number of ether oxygens (including phenoxy) is 3. The fraction of sp³-hybridized carbons (Fsp3) is 0.364. The maximum atomic E-state index is 14.4. The molecule has 11 heteroatoms. The van der Waals surface area contributed by atoms with Crippen LogP contribution in [0.5, 0.6) is 5.75 Å². The molecule has 2 N–H and O–H groups in total. The van der Waals surface area contributed by atoms with E-state index in [-0.39, 0.29) is 30.9 Å². The second-order valence-electron chi connectivity index (χ2n) is 11.3. The Hall–Kier alpha value is -3.83. The van der Waals surface area contributed by atoms with E-state index in [0.717, 1.165) is 16.6 Å². The molecule has 0 radical (unpaired) electrons. The van der Waals surface area contributed by atoms with Crippen molar-refractivity contribution in [3.63, 3.8) is 0 Å². The van der Waals surface area contributed by atoms with Crippen molar-refractivity contribution in [2.24, 2.45) is 4.99 Å². The number of rotatable bonds is 12. The fourth-order valence-electron chi connectivity index (χ4n) is 4.72. The third kappa shape index (κ3) is 8.21. The van der Waals surface area contributed by atoms with Gasteiger partial charge in [-0.2, -0.15) is 0 Å². The summed E-state index contributed by atoms with van der Waals surface area (Å²) in [6.07, 6.45) is -0.790. The molecule has 0 aliphatic carbocycles. The number of aliphatic hydroxyl groups is 1. The van der Waals surface area contributed by atoms with E-state index in [4.69, 9.17) is 24.3 Å². The lowest BCUT2D eigenvalue weighted by Gasteiger charge is -2.31. The molecule has 1 heterocycles. The Labute approximate surface area is 263 Å². The largest absolute Gasteiger partial charge is 0.494 e. The maximum absolute atomic E-state index is 14.4. The summed E-state index contributed by atoms with van der Waals surface area (Å²) in [5, 5.41) is 11.7. The first-order valence-electron chi connectivity index (χ1n) is 14.2. The first kappa shape index (κ1) is 33.1. The summed E-state index contributed by atoms with van der Waals surface area (Å²) < 4.78 is 47.2. The monoisotopic (exact) mass is 672 g/mol. The lowest BCUT2D eigenvalue weighted by Crippen LogP contribution is -2.48. The summed E-state index contributed by atoms with van der Waals surface area (Å²) in [4.78, 5) is 31.8. The van der Waals surface area contributed by atoms with Crippen LogP contribution in [0.4, 0.5) is 8.78 Å². The molecule has 4 rings (SSSR count). The van der Waals surface area contributed by atoms with Gasteiger partial charge in [0.1, 0.15) is 23.0 Å². The van der Waals surface area contributed by atoms with Crippen molar-refractivity contribution in [3.05, 3.63) is 99.5 Å². The zero-order valence-corrected chi connectivity index (χ0v) is 26.3. The molecule has 1 aliphatic heterocycles. The van der Waals surface area contributed by atoms with Crippen molar-refractivity contribution < 1.29 is 37.7 Å². The molecule has 0 saturated heterocycles. The molecule has 0 saturated carbocycles. The normalized spacial score (nSPS) is 17.9. The smallest absolute Gasteiger partial charge is 0.306 e. The Balaban J connectivity index is 1.73. The molecular formula is C33H35BrF2N2O6. The van der Waals surface area contributed by atoms with Crippen LogP contribution in [0.1, 0.15) is 62.8 Å². The summed E-state index contributed by atoms with van der Waals surface area (Å²) in [6, 6.07) is 17.5. The second-order valence-corrected chi connectivity index (χ2v) is 12.2. The highest BCUT2D eigenvalue weighted by atomic mass is 79.9. The predicted molar refractivity (Wildman–Crippen MR) is 164 cm³/mol. The molecule has 0 fully saturated rings. The van der Waals surface area contributed by atoms with Crippen LogP contribution in [0.2, 0.25) is 0 Å². The summed E-state index contributed by atoms with van der Waals surface area (Å²) in [5.41, 5.74) is -1.59. The number of nitrogens with zero attached hydrogens (tertiary/aromatic N) is 1. The van der Waals surface area contributed by atoms with Gasteiger partial charge in [-0.1, -0.05) is 34.1 Å². The molecule has 0 aromatic heterocycles. The quantitative estimate of drug-likeness (QED) is 0.176. The lowest BCUT2D eigenvalue weighted by molar-refractivity contribution is -0.155. The number of halogens is 3. The number of esters is 1. The first-order valence-corrected chi connectivity index (χ1v) is 15.0. The number of hydrogen-bond donors (Lipinski definition) is 2. The van der Waals surface area contributed by atoms with Crippen molar-refractivity contribution in [1.82, 2.24) is 5.32 Å². The van der Waals surface area contributed by atoms with E-state index in [1.165, 1.54) is 6.07 Å². The third-order valence-corrected chi connectivity index (χ3v) is 7.35. The number of carbonyl (C=O) groups is 2. The molecule has 2 atom stereocenters. The number of benzene rings is 3. The lowest BCUT2D eigenvalue weighted by atomic mass is 9.83. The molecule has 0 spiro atoms. The van der Waals surface area contributed by atoms with Crippen LogP contribution >= 0.6 is 15.9 Å². The number of aliphatic imine (C=N–C) groups is 1. The molecule has 0 bridgehead atoms. The van der Waals surface area contributed by atoms with Crippen LogP contribution in [0, 0.1) is 11.6 Å². The van der Waals surface area contributed by atoms with Gasteiger partial charge < -0.3 is 24.6 Å². The highest BCUT2D eigenvalue weighted by molar-refractivity contribution is 9.10. The van der Waals surface area contributed by atoms with E-state index in [1.807, 2.05) is 0 Å². The minimum atomic E-state index is -1.70. The van der Waals surface area contributed by atoms with E-state index in [2.05, 4.69) is 21.2 Å². The number of nitrogens with one attached hydrogen (secondary N) is 1. The van der Waals surface area contributed by atoms with Crippen LogP contribution in [-0.2, 0) is 25.6 Å². The highest BCUT2D eigenvalue weighted by Crippen LogP contribution is 2.43. The highest BCUT2D eigenvalue weighted by Gasteiger charge is 2.53. The zero-order chi connectivity index (χ0) is 31.9. The third-order valence-electron chi connectivity index (χ3n) is 6.82. The Bertz CT molecular complexity index is 1470. The number of amides is 1. The zero-order valence-electron chi connectivity index (χ0n) is 24.7. The van der Waals surface area contributed by atoms with Crippen molar-refractivity contribution in [3.8, 4) is 5.75 Å². The summed E-state index contributed by atoms with van der Waals surface area (Å²) >= 11 is 3.42. The molecule has 8 nitrogen and oxygen atoms in total. The summed E-state index contributed by atoms with van der Waals surface area (Å²) in [5.74, 6) is -2.08. The molecule has 1 amide bonds. The van der Waals surface area contributed by atoms with Gasteiger partial charge in [0.15, 0.2) is 11.6 Å². The van der Waals surface area contributed by atoms with Crippen LogP contribution < -0.4 is 10.1 Å². The molecule has 3 aromatic carbocycles. The minimum Gasteiger partial charge on any atom is -0.494 e. The van der Waals surface area contributed by atoms with Gasteiger partial charge in [-0.3, -0.25) is 9.59 Å². The van der Waals surface area contributed by atoms with Crippen molar-refractivity contribution in [2.45, 2.75) is 63.8 Å².